The summed E-state index contributed by atoms with van der Waals surface area (Å²) in [6.07, 6.45) is -5.21. The number of benzene rings is 1. The van der Waals surface area contributed by atoms with Crippen molar-refractivity contribution in [1.82, 2.24) is 24.8 Å². The third kappa shape index (κ3) is 5.57. The van der Waals surface area contributed by atoms with E-state index in [0.717, 1.165) is 17.4 Å². The van der Waals surface area contributed by atoms with Gasteiger partial charge < -0.3 is 25.0 Å². The Morgan fingerprint density at radius 2 is 2.06 bits per heavy atom. The number of ether oxygens (including phenoxy) is 2. The molecule has 2 N–H and O–H groups in total. The summed E-state index contributed by atoms with van der Waals surface area (Å²) in [4.78, 5) is 31.5. The van der Waals surface area contributed by atoms with Crippen LogP contribution in [-0.2, 0) is 4.74 Å². The van der Waals surface area contributed by atoms with Gasteiger partial charge in [-0.15, -0.1) is 0 Å². The smallest absolute Gasteiger partial charge is 0.416 e. The second-order valence-electron chi connectivity index (χ2n) is 7.60. The van der Waals surface area contributed by atoms with Crippen LogP contribution < -0.4 is 15.4 Å². The number of anilines is 2. The van der Waals surface area contributed by atoms with E-state index in [1.807, 2.05) is 0 Å². The summed E-state index contributed by atoms with van der Waals surface area (Å²) < 4.78 is 64.6. The molecule has 0 spiro atoms. The molecular weight excluding hydrogens is 494 g/mol. The van der Waals surface area contributed by atoms with Crippen molar-refractivity contribution in [3.63, 3.8) is 0 Å². The van der Waals surface area contributed by atoms with Gasteiger partial charge >= 0.3 is 12.2 Å². The first kappa shape index (κ1) is 24.5. The largest absolute Gasteiger partial charge is 0.421 e. The minimum atomic E-state index is -4.57. The van der Waals surface area contributed by atoms with Gasteiger partial charge in [0.2, 0.25) is 5.95 Å². The van der Waals surface area contributed by atoms with Gasteiger partial charge in [0.15, 0.2) is 28.6 Å². The predicted octanol–water partition coefficient (Wildman–Crippen LogP) is 2.98. The Balaban J connectivity index is 1.68. The van der Waals surface area contributed by atoms with Crippen molar-refractivity contribution in [3.8, 4) is 22.5 Å². The zero-order valence-corrected chi connectivity index (χ0v) is 19.2. The first-order chi connectivity index (χ1) is 16.5. The normalized spacial score (nSPS) is 16.3. The Bertz CT molecular complexity index is 1240. The molecule has 0 aliphatic carbocycles. The summed E-state index contributed by atoms with van der Waals surface area (Å²) in [5, 5.41) is 0.222. The minimum Gasteiger partial charge on any atom is -0.421 e. The fourth-order valence-electron chi connectivity index (χ4n) is 3.14. The monoisotopic (exact) mass is 513 g/mol. The first-order valence-electron chi connectivity index (χ1n) is 10.1. The zero-order chi connectivity index (χ0) is 25.3. The average molecular weight is 513 g/mol. The lowest BCUT2D eigenvalue weighted by Crippen LogP contribution is -2.49. The van der Waals surface area contributed by atoms with E-state index in [0.29, 0.717) is 4.88 Å². The highest BCUT2D eigenvalue weighted by atomic mass is 32.1. The van der Waals surface area contributed by atoms with Gasteiger partial charge in [0.25, 0.3) is 5.91 Å². The molecule has 0 radical (unpaired) electrons. The fraction of sp³-hybridized carbons (Fsp3) is 0.350. The Hall–Kier alpha value is -3.59. The lowest BCUT2D eigenvalue weighted by molar-refractivity contribution is -0.221. The number of thiazole rings is 1. The van der Waals surface area contributed by atoms with Crippen molar-refractivity contribution in [1.29, 1.82) is 0 Å². The van der Waals surface area contributed by atoms with E-state index in [2.05, 4.69) is 19.9 Å². The number of rotatable bonds is 5. The minimum absolute atomic E-state index is 0.0362. The van der Waals surface area contributed by atoms with E-state index in [-0.39, 0.29) is 47.4 Å². The SMILES string of the molecule is CN(C)C(=O)c1ccc(Oc2nc(-c3cnc(N)s3)nc(N3CCOC(C(F)(F)F)C3)n2)c(F)c1. The summed E-state index contributed by atoms with van der Waals surface area (Å²) >= 11 is 1.05. The van der Waals surface area contributed by atoms with Gasteiger partial charge in [-0.2, -0.15) is 28.1 Å². The van der Waals surface area contributed by atoms with Crippen LogP contribution >= 0.6 is 11.3 Å². The lowest BCUT2D eigenvalue weighted by atomic mass is 10.2. The number of carbonyl (C=O) groups is 1. The van der Waals surface area contributed by atoms with Crippen molar-refractivity contribution in [2.24, 2.45) is 0 Å². The molecule has 186 valence electrons. The molecule has 15 heteroatoms. The van der Waals surface area contributed by atoms with Crippen molar-refractivity contribution in [3.05, 3.63) is 35.8 Å². The molecule has 1 saturated heterocycles. The topological polar surface area (TPSA) is 120 Å². The van der Waals surface area contributed by atoms with E-state index in [9.17, 15) is 22.4 Å². The number of morpholine rings is 1. The number of aromatic nitrogens is 4. The van der Waals surface area contributed by atoms with Crippen LogP contribution in [0.3, 0.4) is 0 Å². The van der Waals surface area contributed by atoms with Crippen LogP contribution in [0.25, 0.3) is 10.7 Å². The number of nitrogen functional groups attached to an aromatic ring is 1. The number of alkyl halides is 3. The molecule has 1 aromatic carbocycles. The molecule has 3 aromatic rings. The van der Waals surface area contributed by atoms with E-state index < -0.39 is 30.5 Å². The van der Waals surface area contributed by atoms with Crippen LogP contribution in [0.5, 0.6) is 11.8 Å². The van der Waals surface area contributed by atoms with Crippen LogP contribution in [0.1, 0.15) is 10.4 Å². The fourth-order valence-corrected chi connectivity index (χ4v) is 3.75. The molecule has 1 aliphatic heterocycles. The number of halogens is 4. The zero-order valence-electron chi connectivity index (χ0n) is 18.4. The van der Waals surface area contributed by atoms with E-state index >= 15 is 0 Å². The van der Waals surface area contributed by atoms with Gasteiger partial charge in [0, 0.05) is 26.2 Å². The van der Waals surface area contributed by atoms with E-state index in [1.54, 1.807) is 0 Å². The quantitative estimate of drug-likeness (QED) is 0.514. The molecular formula is C20H19F4N7O3S. The van der Waals surface area contributed by atoms with E-state index in [4.69, 9.17) is 15.2 Å². The van der Waals surface area contributed by atoms with Crippen molar-refractivity contribution in [2.75, 3.05) is 44.4 Å². The maximum atomic E-state index is 14.7. The van der Waals surface area contributed by atoms with Crippen molar-refractivity contribution >= 4 is 28.3 Å². The van der Waals surface area contributed by atoms with Gasteiger partial charge in [-0.25, -0.2) is 9.37 Å². The maximum Gasteiger partial charge on any atom is 0.416 e. The summed E-state index contributed by atoms with van der Waals surface area (Å²) in [5.74, 6) is -1.63. The molecule has 0 bridgehead atoms. The molecule has 35 heavy (non-hydrogen) atoms. The van der Waals surface area contributed by atoms with E-state index in [1.165, 1.54) is 42.2 Å². The number of hydrogen-bond acceptors (Lipinski definition) is 10. The summed E-state index contributed by atoms with van der Waals surface area (Å²) in [6.45, 7) is -0.673. The van der Waals surface area contributed by atoms with Gasteiger partial charge in [-0.3, -0.25) is 4.79 Å². The molecule has 10 nitrogen and oxygen atoms in total. The van der Waals surface area contributed by atoms with Gasteiger partial charge in [0.1, 0.15) is 0 Å². The summed E-state index contributed by atoms with van der Waals surface area (Å²) in [7, 11) is 3.05. The molecule has 1 unspecified atom stereocenters. The van der Waals surface area contributed by atoms with Gasteiger partial charge in [-0.1, -0.05) is 11.3 Å². The highest BCUT2D eigenvalue weighted by Gasteiger charge is 2.44. The summed E-state index contributed by atoms with van der Waals surface area (Å²) in [5.41, 5.74) is 5.78. The lowest BCUT2D eigenvalue weighted by Gasteiger charge is -2.33. The van der Waals surface area contributed by atoms with Crippen molar-refractivity contribution < 1.29 is 31.8 Å². The third-order valence-electron chi connectivity index (χ3n) is 4.85. The Morgan fingerprint density at radius 3 is 2.69 bits per heavy atom. The molecule has 2 aromatic heterocycles. The standard InChI is InChI=1S/C20H19F4N7O3S/c1-30(2)16(32)10-3-4-12(11(21)7-10)34-19-28-15(13-8-26-17(25)35-13)27-18(29-19)31-5-6-33-14(9-31)20(22,23)24/h3-4,7-8,14H,5-6,9H2,1-2H3,(H2,25,26). The highest BCUT2D eigenvalue weighted by molar-refractivity contribution is 7.18. The maximum absolute atomic E-state index is 14.7. The molecule has 1 amide bonds. The van der Waals surface area contributed by atoms with Crippen LogP contribution in [0.2, 0.25) is 0 Å². The second kappa shape index (κ2) is 9.58. The molecule has 1 fully saturated rings. The third-order valence-corrected chi connectivity index (χ3v) is 5.67. The molecule has 4 rings (SSSR count). The van der Waals surface area contributed by atoms with Crippen molar-refractivity contribution in [2.45, 2.75) is 12.3 Å². The summed E-state index contributed by atoms with van der Waals surface area (Å²) in [6, 6.07) is 3.23. The number of nitrogens with zero attached hydrogens (tertiary/aromatic N) is 6. The van der Waals surface area contributed by atoms with Gasteiger partial charge in [-0.05, 0) is 18.2 Å². The van der Waals surface area contributed by atoms with Gasteiger partial charge in [0.05, 0.1) is 24.2 Å². The van der Waals surface area contributed by atoms with Crippen LogP contribution in [0, 0.1) is 5.82 Å². The Kier molecular flexibility index (Phi) is 6.71. The number of amides is 1. The molecule has 3 heterocycles. The van der Waals surface area contributed by atoms with Crippen LogP contribution in [0.4, 0.5) is 28.6 Å². The number of nitrogens with two attached hydrogens (primary N) is 1. The molecule has 0 saturated carbocycles. The highest BCUT2D eigenvalue weighted by Crippen LogP contribution is 2.31. The Morgan fingerprint density at radius 1 is 1.29 bits per heavy atom. The first-order valence-corrected chi connectivity index (χ1v) is 10.9. The average Bonchev–Trinajstić information content (AvgIpc) is 3.25. The predicted molar refractivity (Wildman–Crippen MR) is 118 cm³/mol. The number of hydrogen-bond donors (Lipinski definition) is 1. The molecule has 1 aliphatic rings. The second-order valence-corrected chi connectivity index (χ2v) is 8.66. The molecule has 1 atom stereocenters. The number of carbonyl (C=O) groups excluding carboxylic acids is 1. The van der Waals surface area contributed by atoms with Crippen LogP contribution in [0.15, 0.2) is 24.4 Å². The Labute approximate surface area is 200 Å². The van der Waals surface area contributed by atoms with Crippen LogP contribution in [-0.4, -0.2) is 76.8 Å².